The summed E-state index contributed by atoms with van der Waals surface area (Å²) in [6.45, 7) is 3.72. The van der Waals surface area contributed by atoms with E-state index in [9.17, 15) is 9.59 Å². The molecular formula is C9H11N5O2. The first kappa shape index (κ1) is 10.3. The summed E-state index contributed by atoms with van der Waals surface area (Å²) < 4.78 is 1.47. The van der Waals surface area contributed by atoms with Crippen molar-refractivity contribution in [2.24, 2.45) is 0 Å². The van der Waals surface area contributed by atoms with Gasteiger partial charge in [-0.3, -0.25) is 14.7 Å². The van der Waals surface area contributed by atoms with E-state index in [1.54, 1.807) is 0 Å². The maximum absolute atomic E-state index is 11.5. The van der Waals surface area contributed by atoms with Gasteiger partial charge >= 0.3 is 5.69 Å². The third-order valence-corrected chi connectivity index (χ3v) is 2.12. The molecule has 0 atom stereocenters. The summed E-state index contributed by atoms with van der Waals surface area (Å²) in [6, 6.07) is 0. The molecule has 0 aliphatic rings. The maximum atomic E-state index is 11.5. The molecule has 0 aromatic carbocycles. The van der Waals surface area contributed by atoms with Crippen LogP contribution >= 0.6 is 0 Å². The van der Waals surface area contributed by atoms with Gasteiger partial charge in [-0.05, 0) is 6.92 Å². The van der Waals surface area contributed by atoms with Gasteiger partial charge < -0.3 is 4.98 Å². The Morgan fingerprint density at radius 3 is 3.00 bits per heavy atom. The van der Waals surface area contributed by atoms with E-state index in [2.05, 4.69) is 20.3 Å². The number of nitrogens with zero attached hydrogens (tertiary/aromatic N) is 3. The number of anilines is 1. The number of carbonyl (C=O) groups excluding carboxylic acids is 1. The quantitative estimate of drug-likeness (QED) is 0.752. The fourth-order valence-corrected chi connectivity index (χ4v) is 1.46. The predicted octanol–water partition coefficient (Wildman–Crippen LogP) is 0.0979. The van der Waals surface area contributed by atoms with Crippen LogP contribution in [0.25, 0.3) is 11.2 Å². The molecule has 2 aromatic rings. The van der Waals surface area contributed by atoms with Gasteiger partial charge in [-0.1, -0.05) is 0 Å². The Morgan fingerprint density at radius 2 is 2.38 bits per heavy atom. The van der Waals surface area contributed by atoms with Crippen LogP contribution in [0.5, 0.6) is 0 Å². The molecular weight excluding hydrogens is 210 g/mol. The Morgan fingerprint density at radius 1 is 1.62 bits per heavy atom. The molecule has 0 saturated carbocycles. The number of carbonyl (C=O) groups is 1. The fourth-order valence-electron chi connectivity index (χ4n) is 1.46. The summed E-state index contributed by atoms with van der Waals surface area (Å²) in [7, 11) is 0. The minimum Gasteiger partial charge on any atom is -0.303 e. The van der Waals surface area contributed by atoms with Crippen molar-refractivity contribution in [2.75, 3.05) is 5.32 Å². The van der Waals surface area contributed by atoms with E-state index in [0.717, 1.165) is 0 Å². The van der Waals surface area contributed by atoms with Gasteiger partial charge in [0.05, 0.1) is 6.20 Å². The van der Waals surface area contributed by atoms with Gasteiger partial charge in [-0.15, -0.1) is 0 Å². The number of H-pyrrole nitrogens is 1. The van der Waals surface area contributed by atoms with Crippen LogP contribution in [0.15, 0.2) is 11.0 Å². The third kappa shape index (κ3) is 1.67. The molecule has 84 valence electrons. The lowest BCUT2D eigenvalue weighted by Crippen LogP contribution is -2.16. The van der Waals surface area contributed by atoms with Crippen LogP contribution in [-0.4, -0.2) is 25.4 Å². The molecule has 2 aromatic heterocycles. The number of aromatic nitrogens is 4. The van der Waals surface area contributed by atoms with Gasteiger partial charge in [0.15, 0.2) is 5.65 Å². The standard InChI is InChI=1S/C9H11N5O2/c1-3-14-7-6(12-9(14)16)4-10-8(13-7)11-5(2)15/h4H,3H2,1-2H3,(H,12,16)(H,10,11,13,15). The minimum absolute atomic E-state index is 0.196. The molecule has 16 heavy (non-hydrogen) atoms. The summed E-state index contributed by atoms with van der Waals surface area (Å²) in [5, 5.41) is 2.47. The molecule has 0 aliphatic carbocycles. The number of nitrogens with one attached hydrogen (secondary N) is 2. The molecule has 1 amide bonds. The first-order chi connectivity index (χ1) is 7.61. The number of rotatable bonds is 2. The van der Waals surface area contributed by atoms with Gasteiger partial charge in [0.2, 0.25) is 11.9 Å². The van der Waals surface area contributed by atoms with Crippen molar-refractivity contribution in [3.05, 3.63) is 16.7 Å². The van der Waals surface area contributed by atoms with Crippen LogP contribution in [0.2, 0.25) is 0 Å². The smallest absolute Gasteiger partial charge is 0.303 e. The van der Waals surface area contributed by atoms with Crippen molar-refractivity contribution in [1.82, 2.24) is 19.5 Å². The van der Waals surface area contributed by atoms with Crippen LogP contribution in [-0.2, 0) is 11.3 Å². The molecule has 0 bridgehead atoms. The molecule has 0 saturated heterocycles. The Balaban J connectivity index is 2.59. The first-order valence-corrected chi connectivity index (χ1v) is 4.85. The van der Waals surface area contributed by atoms with E-state index in [1.807, 2.05) is 6.92 Å². The van der Waals surface area contributed by atoms with Crippen LogP contribution < -0.4 is 11.0 Å². The van der Waals surface area contributed by atoms with Crippen LogP contribution in [0.1, 0.15) is 13.8 Å². The molecule has 0 radical (unpaired) electrons. The van der Waals surface area contributed by atoms with Crippen molar-refractivity contribution >= 4 is 23.0 Å². The molecule has 2 rings (SSSR count). The van der Waals surface area contributed by atoms with E-state index in [1.165, 1.54) is 17.7 Å². The largest absolute Gasteiger partial charge is 0.327 e. The van der Waals surface area contributed by atoms with Gasteiger partial charge in [0, 0.05) is 13.5 Å². The number of hydrogen-bond donors (Lipinski definition) is 2. The lowest BCUT2D eigenvalue weighted by atomic mass is 10.5. The second kappa shape index (κ2) is 3.76. The highest BCUT2D eigenvalue weighted by Crippen LogP contribution is 2.08. The van der Waals surface area contributed by atoms with Crippen molar-refractivity contribution in [1.29, 1.82) is 0 Å². The van der Waals surface area contributed by atoms with Crippen LogP contribution in [0.3, 0.4) is 0 Å². The Bertz CT molecular complexity index is 597. The number of imidazole rings is 1. The summed E-state index contributed by atoms with van der Waals surface area (Å²) >= 11 is 0. The highest BCUT2D eigenvalue weighted by atomic mass is 16.2. The Labute approximate surface area is 90.5 Å². The molecule has 0 fully saturated rings. The fraction of sp³-hybridized carbons (Fsp3) is 0.333. The highest BCUT2D eigenvalue weighted by Gasteiger charge is 2.08. The number of aromatic amines is 1. The molecule has 0 aliphatic heterocycles. The lowest BCUT2D eigenvalue weighted by molar-refractivity contribution is -0.114. The van der Waals surface area contributed by atoms with E-state index < -0.39 is 0 Å². The average Bonchev–Trinajstić information content (AvgIpc) is 2.52. The lowest BCUT2D eigenvalue weighted by Gasteiger charge is -2.00. The van der Waals surface area contributed by atoms with E-state index in [0.29, 0.717) is 17.7 Å². The van der Waals surface area contributed by atoms with E-state index >= 15 is 0 Å². The predicted molar refractivity (Wildman–Crippen MR) is 58.1 cm³/mol. The van der Waals surface area contributed by atoms with Crippen LogP contribution in [0.4, 0.5) is 5.95 Å². The normalized spacial score (nSPS) is 10.6. The minimum atomic E-state index is -0.250. The van der Waals surface area contributed by atoms with Crippen molar-refractivity contribution in [3.63, 3.8) is 0 Å². The topological polar surface area (TPSA) is 92.7 Å². The van der Waals surface area contributed by atoms with Gasteiger partial charge in [0.1, 0.15) is 5.52 Å². The van der Waals surface area contributed by atoms with Crippen molar-refractivity contribution in [2.45, 2.75) is 20.4 Å². The third-order valence-electron chi connectivity index (χ3n) is 2.12. The first-order valence-electron chi connectivity index (χ1n) is 4.85. The van der Waals surface area contributed by atoms with E-state index in [4.69, 9.17) is 0 Å². The highest BCUT2D eigenvalue weighted by molar-refractivity contribution is 5.87. The molecule has 7 nitrogen and oxygen atoms in total. The zero-order valence-corrected chi connectivity index (χ0v) is 8.94. The SMILES string of the molecule is CCn1c(=O)[nH]c2cnc(NC(C)=O)nc21. The zero-order chi connectivity index (χ0) is 11.7. The number of hydrogen-bond acceptors (Lipinski definition) is 4. The molecule has 2 N–H and O–H groups in total. The van der Waals surface area contributed by atoms with Gasteiger partial charge in [-0.25, -0.2) is 9.78 Å². The van der Waals surface area contributed by atoms with Crippen molar-refractivity contribution in [3.8, 4) is 0 Å². The summed E-state index contributed by atoms with van der Waals surface area (Å²) in [4.78, 5) is 32.9. The number of aryl methyl sites for hydroxylation is 1. The maximum Gasteiger partial charge on any atom is 0.327 e. The van der Waals surface area contributed by atoms with Crippen LogP contribution in [0, 0.1) is 0 Å². The molecule has 2 heterocycles. The van der Waals surface area contributed by atoms with Gasteiger partial charge in [-0.2, -0.15) is 4.98 Å². The number of amides is 1. The second-order valence-electron chi connectivity index (χ2n) is 3.29. The average molecular weight is 221 g/mol. The number of fused-ring (bicyclic) bond motifs is 1. The summed E-state index contributed by atoms with van der Waals surface area (Å²) in [5.74, 6) is -0.0542. The summed E-state index contributed by atoms with van der Waals surface area (Å²) in [5.41, 5.74) is 0.818. The molecule has 0 unspecified atom stereocenters. The molecule has 0 spiro atoms. The zero-order valence-electron chi connectivity index (χ0n) is 8.94. The monoisotopic (exact) mass is 221 g/mol. The molecule has 7 heteroatoms. The summed E-state index contributed by atoms with van der Waals surface area (Å²) in [6.07, 6.45) is 1.47. The Kier molecular flexibility index (Phi) is 2.43. The second-order valence-corrected chi connectivity index (χ2v) is 3.29. The van der Waals surface area contributed by atoms with E-state index in [-0.39, 0.29) is 17.5 Å². The van der Waals surface area contributed by atoms with Gasteiger partial charge in [0.25, 0.3) is 0 Å². The van der Waals surface area contributed by atoms with Crippen molar-refractivity contribution < 1.29 is 4.79 Å². The Hall–Kier alpha value is -2.18.